The molecule has 2 fully saturated rings. The highest BCUT2D eigenvalue weighted by molar-refractivity contribution is 5.80. The first-order valence-electron chi connectivity index (χ1n) is 6.91. The summed E-state index contributed by atoms with van der Waals surface area (Å²) in [5.74, 6) is -1.82. The first-order chi connectivity index (χ1) is 10.7. The number of aliphatic hydroxyl groups is 7. The molecule has 2 aliphatic heterocycles. The lowest BCUT2D eigenvalue weighted by Gasteiger charge is -2.46. The van der Waals surface area contributed by atoms with Crippen LogP contribution in [0, 0.1) is 0 Å². The molecule has 23 heavy (non-hydrogen) atoms. The fourth-order valence-corrected chi connectivity index (χ4v) is 2.98. The number of carbonyl (C=O) groups is 1. The van der Waals surface area contributed by atoms with Gasteiger partial charge < -0.3 is 50.3 Å². The van der Waals surface area contributed by atoms with E-state index in [2.05, 4.69) is 0 Å². The highest BCUT2D eigenvalue weighted by atomic mass is 16.6. The first-order valence-corrected chi connectivity index (χ1v) is 6.91. The van der Waals surface area contributed by atoms with Crippen LogP contribution in [-0.4, -0.2) is 114 Å². The van der Waals surface area contributed by atoms with Gasteiger partial charge in [-0.1, -0.05) is 0 Å². The van der Waals surface area contributed by atoms with E-state index in [0.717, 1.165) is 0 Å². The van der Waals surface area contributed by atoms with E-state index in [0.29, 0.717) is 0 Å². The molecule has 0 unspecified atom stereocenters. The molecule has 0 aliphatic carbocycles. The number of aliphatic hydroxyl groups excluding tert-OH is 7. The summed E-state index contributed by atoms with van der Waals surface area (Å²) in [4.78, 5) is 11.7. The Morgan fingerprint density at radius 3 is 1.87 bits per heavy atom. The number of hydrogen-bond acceptors (Lipinski definition) is 10. The standard InChI is InChI=1S/C12H20O11/c13-1-3-5(15)7(17)8(18)10(22-3)12(11(20)21)9(19)6(16)4(2-14)23-12/h3-10,13-19H,1-2H2,(H,20,21)/t3-,4-,5-,6-,7+,8-,9+,10+,12-/m1/s1. The number of aliphatic carboxylic acids is 1. The van der Waals surface area contributed by atoms with E-state index in [1.807, 2.05) is 0 Å². The van der Waals surface area contributed by atoms with Gasteiger partial charge in [-0.05, 0) is 0 Å². The maximum absolute atomic E-state index is 11.7. The highest BCUT2D eigenvalue weighted by Crippen LogP contribution is 2.40. The number of carboxylic acid groups (broad SMARTS) is 1. The molecule has 0 saturated carbocycles. The third-order valence-electron chi connectivity index (χ3n) is 4.32. The van der Waals surface area contributed by atoms with E-state index in [1.54, 1.807) is 0 Å². The van der Waals surface area contributed by atoms with Crippen LogP contribution >= 0.6 is 0 Å². The molecule has 11 nitrogen and oxygen atoms in total. The quantitative estimate of drug-likeness (QED) is 0.243. The van der Waals surface area contributed by atoms with Crippen LogP contribution in [0.4, 0.5) is 0 Å². The molecule has 8 N–H and O–H groups in total. The third kappa shape index (κ3) is 2.63. The Morgan fingerprint density at radius 2 is 1.43 bits per heavy atom. The van der Waals surface area contributed by atoms with Crippen LogP contribution in [0.15, 0.2) is 0 Å². The summed E-state index contributed by atoms with van der Waals surface area (Å²) in [5.41, 5.74) is -2.71. The van der Waals surface area contributed by atoms with Crippen molar-refractivity contribution in [3.63, 3.8) is 0 Å². The van der Waals surface area contributed by atoms with Gasteiger partial charge in [0.15, 0.2) is 0 Å². The Labute approximate surface area is 129 Å². The molecule has 0 aromatic carbocycles. The summed E-state index contributed by atoms with van der Waals surface area (Å²) < 4.78 is 10.2. The van der Waals surface area contributed by atoms with E-state index in [4.69, 9.17) is 19.7 Å². The molecule has 0 bridgehead atoms. The van der Waals surface area contributed by atoms with Crippen molar-refractivity contribution in [3.8, 4) is 0 Å². The predicted octanol–water partition coefficient (Wildman–Crippen LogP) is -5.23. The Kier molecular flexibility index (Phi) is 5.25. The van der Waals surface area contributed by atoms with E-state index in [-0.39, 0.29) is 0 Å². The minimum atomic E-state index is -2.71. The van der Waals surface area contributed by atoms with Gasteiger partial charge in [0.05, 0.1) is 13.2 Å². The molecule has 2 saturated heterocycles. The summed E-state index contributed by atoms with van der Waals surface area (Å²) in [6.07, 6.45) is -14.3. The van der Waals surface area contributed by atoms with Crippen molar-refractivity contribution in [1.82, 2.24) is 0 Å². The second-order valence-electron chi connectivity index (χ2n) is 5.62. The number of hydrogen-bond donors (Lipinski definition) is 8. The van der Waals surface area contributed by atoms with Gasteiger partial charge in [-0.15, -0.1) is 0 Å². The third-order valence-corrected chi connectivity index (χ3v) is 4.32. The van der Waals surface area contributed by atoms with E-state index in [9.17, 15) is 35.4 Å². The average Bonchev–Trinajstić information content (AvgIpc) is 2.78. The van der Waals surface area contributed by atoms with E-state index >= 15 is 0 Å². The molecule has 0 aromatic rings. The molecule has 0 amide bonds. The zero-order valence-corrected chi connectivity index (χ0v) is 11.8. The Hall–Kier alpha value is -0.890. The van der Waals surface area contributed by atoms with Crippen LogP contribution in [0.3, 0.4) is 0 Å². The van der Waals surface area contributed by atoms with Crippen molar-refractivity contribution >= 4 is 5.97 Å². The normalized spacial score (nSPS) is 50.9. The van der Waals surface area contributed by atoms with Crippen molar-refractivity contribution < 1.29 is 55.1 Å². The SMILES string of the molecule is O=C(O)[C@@]1([C@H]2O[C@H](CO)[C@@H](O)[C@H](O)[C@H]2O)O[C@H](CO)[C@@H](O)[C@@H]1O. The van der Waals surface area contributed by atoms with Gasteiger partial charge in [0, 0.05) is 0 Å². The highest BCUT2D eigenvalue weighted by Gasteiger charge is 2.68. The van der Waals surface area contributed by atoms with Gasteiger partial charge in [0.25, 0.3) is 0 Å². The molecule has 9 atom stereocenters. The van der Waals surface area contributed by atoms with Crippen molar-refractivity contribution in [2.24, 2.45) is 0 Å². The summed E-state index contributed by atoms with van der Waals surface area (Å²) >= 11 is 0. The topological polar surface area (TPSA) is 197 Å². The van der Waals surface area contributed by atoms with Crippen molar-refractivity contribution in [3.05, 3.63) is 0 Å². The fourth-order valence-electron chi connectivity index (χ4n) is 2.98. The zero-order chi connectivity index (χ0) is 17.5. The monoisotopic (exact) mass is 340 g/mol. The Morgan fingerprint density at radius 1 is 0.870 bits per heavy atom. The van der Waals surface area contributed by atoms with Crippen LogP contribution in [-0.2, 0) is 14.3 Å². The molecule has 134 valence electrons. The second kappa shape index (κ2) is 6.55. The minimum absolute atomic E-state index is 0.806. The van der Waals surface area contributed by atoms with Gasteiger partial charge in [0.2, 0.25) is 5.60 Å². The Balaban J connectivity index is 2.43. The van der Waals surface area contributed by atoms with Gasteiger partial charge >= 0.3 is 5.97 Å². The molecule has 0 radical (unpaired) electrons. The van der Waals surface area contributed by atoms with Gasteiger partial charge in [-0.3, -0.25) is 0 Å². The maximum Gasteiger partial charge on any atom is 0.341 e. The smallest absolute Gasteiger partial charge is 0.341 e. The lowest BCUT2D eigenvalue weighted by atomic mass is 9.81. The summed E-state index contributed by atoms with van der Waals surface area (Å²) in [5, 5.41) is 77.2. The van der Waals surface area contributed by atoms with Gasteiger partial charge in [-0.25, -0.2) is 4.79 Å². The molecule has 2 aliphatic rings. The predicted molar refractivity (Wildman–Crippen MR) is 68.1 cm³/mol. The molecule has 2 rings (SSSR count). The van der Waals surface area contributed by atoms with Gasteiger partial charge in [0.1, 0.15) is 48.8 Å². The van der Waals surface area contributed by atoms with E-state index in [1.165, 1.54) is 0 Å². The number of carboxylic acids is 1. The Bertz CT molecular complexity index is 443. The zero-order valence-electron chi connectivity index (χ0n) is 11.8. The van der Waals surface area contributed by atoms with Crippen molar-refractivity contribution in [1.29, 1.82) is 0 Å². The molecule has 2 heterocycles. The fraction of sp³-hybridized carbons (Fsp3) is 0.917. The molecule has 0 aromatic heterocycles. The van der Waals surface area contributed by atoms with Gasteiger partial charge in [-0.2, -0.15) is 0 Å². The van der Waals surface area contributed by atoms with Crippen molar-refractivity contribution in [2.75, 3.05) is 13.2 Å². The lowest BCUT2D eigenvalue weighted by molar-refractivity contribution is -0.283. The maximum atomic E-state index is 11.7. The first kappa shape index (κ1) is 18.4. The van der Waals surface area contributed by atoms with Crippen LogP contribution in [0.2, 0.25) is 0 Å². The van der Waals surface area contributed by atoms with Crippen LogP contribution in [0.25, 0.3) is 0 Å². The minimum Gasteiger partial charge on any atom is -0.479 e. The van der Waals surface area contributed by atoms with Crippen LogP contribution < -0.4 is 0 Å². The summed E-state index contributed by atoms with van der Waals surface area (Å²) in [6, 6.07) is 0. The molecule has 11 heteroatoms. The molecular weight excluding hydrogens is 320 g/mol. The largest absolute Gasteiger partial charge is 0.479 e. The van der Waals surface area contributed by atoms with Crippen LogP contribution in [0.5, 0.6) is 0 Å². The summed E-state index contributed by atoms with van der Waals surface area (Å²) in [6.45, 7) is -1.62. The number of ether oxygens (including phenoxy) is 2. The summed E-state index contributed by atoms with van der Waals surface area (Å²) in [7, 11) is 0. The lowest BCUT2D eigenvalue weighted by Crippen LogP contribution is -2.70. The molecular formula is C12H20O11. The molecule has 0 spiro atoms. The van der Waals surface area contributed by atoms with Crippen molar-refractivity contribution in [2.45, 2.75) is 54.4 Å². The number of rotatable bonds is 4. The average molecular weight is 340 g/mol. The van der Waals surface area contributed by atoms with E-state index < -0.39 is 73.6 Å². The van der Waals surface area contributed by atoms with Crippen LogP contribution in [0.1, 0.15) is 0 Å². The second-order valence-corrected chi connectivity index (χ2v) is 5.62.